The van der Waals surface area contributed by atoms with Crippen LogP contribution < -0.4 is 0 Å². The number of hydrogen-bond donors (Lipinski definition) is 0. The van der Waals surface area contributed by atoms with E-state index in [1.807, 2.05) is 23.0 Å². The normalized spacial score (nSPS) is 10.5. The molecule has 0 aliphatic heterocycles. The van der Waals surface area contributed by atoms with Gasteiger partial charge in [0.15, 0.2) is 0 Å². The molecule has 2 aromatic heterocycles. The summed E-state index contributed by atoms with van der Waals surface area (Å²) in [6.45, 7) is 2.45. The summed E-state index contributed by atoms with van der Waals surface area (Å²) in [6, 6.07) is 4.12. The summed E-state index contributed by atoms with van der Waals surface area (Å²) in [7, 11) is 0. The lowest BCUT2D eigenvalue weighted by molar-refractivity contribution is 0.855. The second kappa shape index (κ2) is 2.94. The molecule has 0 N–H and O–H groups in total. The Labute approximate surface area is 76.0 Å². The van der Waals surface area contributed by atoms with E-state index >= 15 is 0 Å². The van der Waals surface area contributed by atoms with Gasteiger partial charge < -0.3 is 4.57 Å². The topological polar surface area (TPSA) is 46.0 Å². The van der Waals surface area contributed by atoms with Crippen LogP contribution in [0.3, 0.4) is 0 Å². The highest BCUT2D eigenvalue weighted by Crippen LogP contribution is 2.07. The molecule has 0 spiro atoms. The minimum atomic E-state index is 0.380. The van der Waals surface area contributed by atoms with E-state index in [1.165, 1.54) is 0 Å². The zero-order valence-corrected chi connectivity index (χ0v) is 7.44. The molecule has 4 nitrogen and oxygen atoms in total. The summed E-state index contributed by atoms with van der Waals surface area (Å²) in [5, 5.41) is 12.9. The zero-order chi connectivity index (χ0) is 9.26. The highest BCUT2D eigenvalue weighted by Gasteiger charge is 2.03. The van der Waals surface area contributed by atoms with Crippen LogP contribution in [0.1, 0.15) is 12.6 Å². The lowest BCUT2D eigenvalue weighted by atomic mass is 10.3. The fourth-order valence-corrected chi connectivity index (χ4v) is 1.36. The number of aromatic nitrogens is 3. The highest BCUT2D eigenvalue weighted by molar-refractivity contribution is 5.41. The van der Waals surface area contributed by atoms with E-state index in [4.69, 9.17) is 5.26 Å². The van der Waals surface area contributed by atoms with E-state index in [9.17, 15) is 0 Å². The SMILES string of the molecule is CCc1cc2n(CC#N)ccn2n1. The third-order valence-corrected chi connectivity index (χ3v) is 2.05. The van der Waals surface area contributed by atoms with Gasteiger partial charge in [0.2, 0.25) is 0 Å². The van der Waals surface area contributed by atoms with Crippen LogP contribution in [0.4, 0.5) is 0 Å². The molecule has 2 heterocycles. The molecule has 4 heteroatoms. The Bertz CT molecular complexity index is 457. The third kappa shape index (κ3) is 1.18. The lowest BCUT2D eigenvalue weighted by Gasteiger charge is -1.91. The van der Waals surface area contributed by atoms with Crippen molar-refractivity contribution in [2.75, 3.05) is 0 Å². The first-order chi connectivity index (χ1) is 6.35. The number of rotatable bonds is 2. The molecule has 0 fully saturated rings. The summed E-state index contributed by atoms with van der Waals surface area (Å²) in [4.78, 5) is 0. The Morgan fingerprint density at radius 1 is 1.54 bits per heavy atom. The molecule has 0 aromatic carbocycles. The monoisotopic (exact) mass is 174 g/mol. The van der Waals surface area contributed by atoms with Crippen LogP contribution in [0.15, 0.2) is 18.5 Å². The van der Waals surface area contributed by atoms with Crippen LogP contribution in [-0.4, -0.2) is 14.2 Å². The summed E-state index contributed by atoms with van der Waals surface area (Å²) in [5.41, 5.74) is 2.04. The van der Waals surface area contributed by atoms with Gasteiger partial charge in [0.05, 0.1) is 11.8 Å². The number of aryl methyl sites for hydroxylation is 1. The molecule has 0 radical (unpaired) electrons. The van der Waals surface area contributed by atoms with Crippen LogP contribution >= 0.6 is 0 Å². The van der Waals surface area contributed by atoms with Crippen molar-refractivity contribution < 1.29 is 0 Å². The first-order valence-electron chi connectivity index (χ1n) is 4.25. The predicted molar refractivity (Wildman–Crippen MR) is 48.2 cm³/mol. The van der Waals surface area contributed by atoms with Crippen LogP contribution in [-0.2, 0) is 13.0 Å². The summed E-state index contributed by atoms with van der Waals surface area (Å²) < 4.78 is 3.68. The fraction of sp³-hybridized carbons (Fsp3) is 0.333. The molecule has 0 amide bonds. The second-order valence-corrected chi connectivity index (χ2v) is 2.88. The van der Waals surface area contributed by atoms with Gasteiger partial charge in [-0.3, -0.25) is 0 Å². The van der Waals surface area contributed by atoms with Crippen molar-refractivity contribution in [3.63, 3.8) is 0 Å². The Balaban J connectivity index is 2.53. The van der Waals surface area contributed by atoms with Crippen molar-refractivity contribution in [2.24, 2.45) is 0 Å². The third-order valence-electron chi connectivity index (χ3n) is 2.05. The molecule has 2 rings (SSSR count). The molecule has 0 aliphatic carbocycles. The summed E-state index contributed by atoms with van der Waals surface area (Å²) in [5.74, 6) is 0. The quantitative estimate of drug-likeness (QED) is 0.687. The molecule has 0 bridgehead atoms. The zero-order valence-electron chi connectivity index (χ0n) is 7.44. The van der Waals surface area contributed by atoms with E-state index in [0.717, 1.165) is 17.8 Å². The van der Waals surface area contributed by atoms with E-state index in [0.29, 0.717) is 6.54 Å². The average Bonchev–Trinajstić information content (AvgIpc) is 2.67. The number of fused-ring (bicyclic) bond motifs is 1. The van der Waals surface area contributed by atoms with Gasteiger partial charge >= 0.3 is 0 Å². The van der Waals surface area contributed by atoms with Crippen molar-refractivity contribution in [1.82, 2.24) is 14.2 Å². The van der Waals surface area contributed by atoms with Gasteiger partial charge in [0, 0.05) is 18.5 Å². The van der Waals surface area contributed by atoms with Crippen LogP contribution in [0, 0.1) is 11.3 Å². The van der Waals surface area contributed by atoms with Crippen molar-refractivity contribution in [3.8, 4) is 6.07 Å². The molecular weight excluding hydrogens is 164 g/mol. The molecule has 2 aromatic rings. The molecule has 0 saturated heterocycles. The average molecular weight is 174 g/mol. The van der Waals surface area contributed by atoms with Gasteiger partial charge in [-0.25, -0.2) is 4.52 Å². The maximum absolute atomic E-state index is 8.56. The number of hydrogen-bond acceptors (Lipinski definition) is 2. The highest BCUT2D eigenvalue weighted by atomic mass is 15.3. The van der Waals surface area contributed by atoms with Crippen molar-refractivity contribution in [1.29, 1.82) is 5.26 Å². The van der Waals surface area contributed by atoms with Crippen LogP contribution in [0.2, 0.25) is 0 Å². The fourth-order valence-electron chi connectivity index (χ4n) is 1.36. The minimum Gasteiger partial charge on any atom is -0.318 e. The first kappa shape index (κ1) is 7.87. The molecule has 0 atom stereocenters. The van der Waals surface area contributed by atoms with Gasteiger partial charge in [-0.15, -0.1) is 0 Å². The maximum atomic E-state index is 8.56. The van der Waals surface area contributed by atoms with Gasteiger partial charge in [0.1, 0.15) is 12.2 Å². The van der Waals surface area contributed by atoms with Gasteiger partial charge in [-0.1, -0.05) is 6.92 Å². The number of nitrogens with zero attached hydrogens (tertiary/aromatic N) is 4. The maximum Gasteiger partial charge on any atom is 0.136 e. The van der Waals surface area contributed by atoms with Crippen LogP contribution in [0.25, 0.3) is 5.65 Å². The Morgan fingerprint density at radius 3 is 3.08 bits per heavy atom. The largest absolute Gasteiger partial charge is 0.318 e. The van der Waals surface area contributed by atoms with Crippen molar-refractivity contribution in [3.05, 3.63) is 24.2 Å². The van der Waals surface area contributed by atoms with Crippen molar-refractivity contribution in [2.45, 2.75) is 19.9 Å². The van der Waals surface area contributed by atoms with E-state index < -0.39 is 0 Å². The number of imidazole rings is 1. The van der Waals surface area contributed by atoms with Crippen molar-refractivity contribution >= 4 is 5.65 Å². The molecule has 0 saturated carbocycles. The minimum absolute atomic E-state index is 0.380. The lowest BCUT2D eigenvalue weighted by Crippen LogP contribution is -1.92. The van der Waals surface area contributed by atoms with Crippen LogP contribution in [0.5, 0.6) is 0 Å². The van der Waals surface area contributed by atoms with E-state index in [2.05, 4.69) is 18.1 Å². The summed E-state index contributed by atoms with van der Waals surface area (Å²) in [6.07, 6.45) is 4.66. The predicted octanol–water partition coefficient (Wildman–Crippen LogP) is 1.22. The molecule has 66 valence electrons. The first-order valence-corrected chi connectivity index (χ1v) is 4.25. The summed E-state index contributed by atoms with van der Waals surface area (Å²) >= 11 is 0. The number of nitriles is 1. The van der Waals surface area contributed by atoms with Gasteiger partial charge in [-0.05, 0) is 6.42 Å². The Morgan fingerprint density at radius 2 is 2.38 bits per heavy atom. The molecule has 13 heavy (non-hydrogen) atoms. The standard InChI is InChI=1S/C9H10N4/c1-2-8-7-9-12(4-3-10)5-6-13(9)11-8/h5-7H,2,4H2,1H3. The van der Waals surface area contributed by atoms with Gasteiger partial charge in [-0.2, -0.15) is 10.4 Å². The van der Waals surface area contributed by atoms with E-state index in [1.54, 1.807) is 4.52 Å². The molecule has 0 unspecified atom stereocenters. The second-order valence-electron chi connectivity index (χ2n) is 2.88. The Kier molecular flexibility index (Phi) is 1.78. The van der Waals surface area contributed by atoms with E-state index in [-0.39, 0.29) is 0 Å². The molecule has 0 aliphatic rings. The smallest absolute Gasteiger partial charge is 0.136 e. The van der Waals surface area contributed by atoms with Gasteiger partial charge in [0.25, 0.3) is 0 Å². The Hall–Kier alpha value is -1.76. The molecular formula is C9H10N4.